The Morgan fingerprint density at radius 2 is 1.86 bits per heavy atom. The van der Waals surface area contributed by atoms with Crippen molar-refractivity contribution in [2.24, 2.45) is 15.1 Å². The molecule has 0 fully saturated rings. The Bertz CT molecular complexity index is 1010. The van der Waals surface area contributed by atoms with Gasteiger partial charge in [-0.05, 0) is 35.4 Å². The van der Waals surface area contributed by atoms with Gasteiger partial charge < -0.3 is 15.8 Å². The minimum atomic E-state index is -4.74. The van der Waals surface area contributed by atoms with E-state index >= 15 is 0 Å². The van der Waals surface area contributed by atoms with Crippen LogP contribution < -0.4 is 20.4 Å². The highest BCUT2D eigenvalue weighted by Gasteiger charge is 2.43. The zero-order valence-corrected chi connectivity index (χ0v) is 14.1. The summed E-state index contributed by atoms with van der Waals surface area (Å²) >= 11 is 0. The van der Waals surface area contributed by atoms with Crippen LogP contribution in [0.2, 0.25) is 0 Å². The van der Waals surface area contributed by atoms with Gasteiger partial charge in [-0.25, -0.2) is 4.98 Å². The quantitative estimate of drug-likeness (QED) is 0.789. The number of aliphatic imine (C=N–C) groups is 2. The normalized spacial score (nSPS) is 20.4. The number of nitrogens with zero attached hydrogens (tertiary/aromatic N) is 5. The fraction of sp³-hybridized carbons (Fsp3) is 0.0588. The van der Waals surface area contributed by atoms with Crippen molar-refractivity contribution in [3.8, 4) is 5.75 Å². The Balaban J connectivity index is 1.60. The molecule has 0 amide bonds. The van der Waals surface area contributed by atoms with Gasteiger partial charge in [0.05, 0.1) is 12.4 Å². The molecule has 8 nitrogen and oxygen atoms in total. The topological polar surface area (TPSA) is 97.2 Å². The molecule has 1 atom stereocenters. The molecule has 28 heavy (non-hydrogen) atoms. The van der Waals surface area contributed by atoms with E-state index in [1.165, 1.54) is 24.3 Å². The summed E-state index contributed by atoms with van der Waals surface area (Å²) in [5, 5.41) is 7.55. The molecular weight excluding hydrogens is 375 g/mol. The zero-order chi connectivity index (χ0) is 19.8. The van der Waals surface area contributed by atoms with Crippen molar-refractivity contribution in [1.82, 2.24) is 9.58 Å². The van der Waals surface area contributed by atoms with Gasteiger partial charge in [-0.15, -0.1) is 13.2 Å². The maximum absolute atomic E-state index is 12.3. The van der Waals surface area contributed by atoms with Crippen molar-refractivity contribution >= 4 is 35.2 Å². The molecule has 142 valence electrons. The fourth-order valence-corrected chi connectivity index (χ4v) is 2.68. The Hall–Kier alpha value is -3.73. The van der Waals surface area contributed by atoms with Crippen molar-refractivity contribution < 1.29 is 17.9 Å². The summed E-state index contributed by atoms with van der Waals surface area (Å²) in [4.78, 5) is 12.6. The predicted molar refractivity (Wildman–Crippen MR) is 99.7 cm³/mol. The number of nitrogens with two attached hydrogens (primary N) is 1. The first-order valence-corrected chi connectivity index (χ1v) is 7.98. The second-order valence-electron chi connectivity index (χ2n) is 5.79. The number of anilines is 2. The van der Waals surface area contributed by atoms with Crippen molar-refractivity contribution in [3.05, 3.63) is 55.0 Å². The first kappa shape index (κ1) is 17.7. The molecule has 0 saturated carbocycles. The van der Waals surface area contributed by atoms with Crippen LogP contribution in [0.3, 0.4) is 0 Å². The van der Waals surface area contributed by atoms with Gasteiger partial charge in [-0.1, -0.05) is 4.59 Å². The van der Waals surface area contributed by atoms with Gasteiger partial charge in [0, 0.05) is 11.8 Å². The number of ether oxygens (including phenoxy) is 1. The molecule has 4 rings (SSSR count). The summed E-state index contributed by atoms with van der Waals surface area (Å²) in [6.45, 7) is 0. The summed E-state index contributed by atoms with van der Waals surface area (Å²) in [5.74, 6) is 0.836. The number of hydrogen-bond donors (Lipinski definition) is 2. The van der Waals surface area contributed by atoms with Crippen LogP contribution in [0.25, 0.3) is 0 Å². The molecule has 1 aromatic carbocycles. The van der Waals surface area contributed by atoms with Crippen LogP contribution in [-0.4, -0.2) is 29.4 Å². The van der Waals surface area contributed by atoms with E-state index in [1.807, 2.05) is 0 Å². The van der Waals surface area contributed by atoms with Crippen LogP contribution in [0.5, 0.6) is 5.75 Å². The van der Waals surface area contributed by atoms with Crippen LogP contribution in [0.15, 0.2) is 70.1 Å². The average Bonchev–Trinajstić information content (AvgIpc) is 3.02. The standard InChI is InChI=1S/C17H13F3N7O/c18-17(19,20)28-13-4-1-11(2-5-13)24-16-25-15-10-22-7-8-27(15,26-16)12-3-6-14(21)23-9-12/h1-10H,(H2,21,23)(H,24,26)/q+1. The lowest BCUT2D eigenvalue weighted by Crippen LogP contribution is -2.44. The predicted octanol–water partition coefficient (Wildman–Crippen LogP) is 3.22. The van der Waals surface area contributed by atoms with E-state index in [4.69, 9.17) is 5.73 Å². The maximum atomic E-state index is 12.3. The number of aromatic nitrogens is 1. The zero-order valence-electron chi connectivity index (χ0n) is 14.1. The number of amidine groups is 1. The second-order valence-corrected chi connectivity index (χ2v) is 5.79. The van der Waals surface area contributed by atoms with Gasteiger partial charge in [0.25, 0.3) is 11.8 Å². The minimum absolute atomic E-state index is 0.0889. The molecule has 0 spiro atoms. The van der Waals surface area contributed by atoms with Gasteiger partial charge in [0.15, 0.2) is 11.9 Å². The van der Waals surface area contributed by atoms with Gasteiger partial charge in [-0.3, -0.25) is 4.99 Å². The highest BCUT2D eigenvalue weighted by molar-refractivity contribution is 6.38. The van der Waals surface area contributed by atoms with E-state index in [9.17, 15) is 13.2 Å². The second kappa shape index (κ2) is 6.46. The largest absolute Gasteiger partial charge is 0.573 e. The number of fused-ring (bicyclic) bond motifs is 1. The lowest BCUT2D eigenvalue weighted by Gasteiger charge is -2.23. The van der Waals surface area contributed by atoms with E-state index in [1.54, 1.807) is 36.9 Å². The number of alkyl halides is 3. The van der Waals surface area contributed by atoms with E-state index in [-0.39, 0.29) is 16.3 Å². The molecular formula is C17H13F3N7O+. The first-order chi connectivity index (χ1) is 13.3. The van der Waals surface area contributed by atoms with E-state index < -0.39 is 6.36 Å². The third kappa shape index (κ3) is 3.42. The van der Waals surface area contributed by atoms with Crippen molar-refractivity contribution in [2.45, 2.75) is 6.36 Å². The molecule has 3 heterocycles. The smallest absolute Gasteiger partial charge is 0.406 e. The lowest BCUT2D eigenvalue weighted by molar-refractivity contribution is -0.274. The molecule has 11 heteroatoms. The molecule has 0 bridgehead atoms. The Morgan fingerprint density at radius 1 is 1.07 bits per heavy atom. The third-order valence-corrected chi connectivity index (χ3v) is 3.89. The summed E-state index contributed by atoms with van der Waals surface area (Å²) in [7, 11) is 0. The Kier molecular flexibility index (Phi) is 4.08. The Labute approximate surface area is 156 Å². The number of hydrogen-bond acceptors (Lipinski definition) is 7. The SMILES string of the molecule is Nc1ccc([N+]23C=CN=CC2=NC(Nc2ccc(OC(F)(F)F)cc2)=N3)cn1. The number of guanidine groups is 1. The Morgan fingerprint density at radius 3 is 2.54 bits per heavy atom. The number of rotatable bonds is 3. The summed E-state index contributed by atoms with van der Waals surface area (Å²) in [5.41, 5.74) is 6.84. The number of benzene rings is 1. The van der Waals surface area contributed by atoms with E-state index in [0.717, 1.165) is 0 Å². The maximum Gasteiger partial charge on any atom is 0.573 e. The molecule has 0 aliphatic carbocycles. The molecule has 0 saturated heterocycles. The summed E-state index contributed by atoms with van der Waals surface area (Å²) < 4.78 is 40.5. The highest BCUT2D eigenvalue weighted by atomic mass is 19.4. The summed E-state index contributed by atoms with van der Waals surface area (Å²) in [6.07, 6.45) is 1.72. The van der Waals surface area contributed by atoms with E-state index in [0.29, 0.717) is 23.0 Å². The van der Waals surface area contributed by atoms with Crippen molar-refractivity contribution in [1.29, 1.82) is 0 Å². The molecule has 0 radical (unpaired) electrons. The molecule has 1 aromatic heterocycles. The summed E-state index contributed by atoms with van der Waals surface area (Å²) in [6, 6.07) is 8.68. The van der Waals surface area contributed by atoms with Crippen molar-refractivity contribution in [3.63, 3.8) is 0 Å². The molecule has 2 aromatic rings. The molecule has 2 aliphatic heterocycles. The lowest BCUT2D eigenvalue weighted by atomic mass is 10.3. The monoisotopic (exact) mass is 388 g/mol. The number of pyridine rings is 1. The van der Waals surface area contributed by atoms with Gasteiger partial charge >= 0.3 is 6.36 Å². The van der Waals surface area contributed by atoms with Gasteiger partial charge in [-0.2, -0.15) is 4.99 Å². The number of nitrogen functional groups attached to an aromatic ring is 1. The number of nitrogens with one attached hydrogen (secondary N) is 1. The van der Waals surface area contributed by atoms with Crippen LogP contribution in [-0.2, 0) is 0 Å². The average molecular weight is 388 g/mol. The molecule has 2 aliphatic rings. The first-order valence-electron chi connectivity index (χ1n) is 7.98. The van der Waals surface area contributed by atoms with Crippen LogP contribution in [0.4, 0.5) is 30.4 Å². The van der Waals surface area contributed by atoms with Crippen molar-refractivity contribution in [2.75, 3.05) is 11.1 Å². The van der Waals surface area contributed by atoms with Gasteiger partial charge in [0.2, 0.25) is 0 Å². The third-order valence-electron chi connectivity index (χ3n) is 3.89. The van der Waals surface area contributed by atoms with Gasteiger partial charge in [0.1, 0.15) is 17.8 Å². The minimum Gasteiger partial charge on any atom is -0.406 e. The number of quaternary nitrogens is 1. The van der Waals surface area contributed by atoms with Crippen LogP contribution in [0.1, 0.15) is 0 Å². The fourth-order valence-electron chi connectivity index (χ4n) is 2.68. The molecule has 1 unspecified atom stereocenters. The van der Waals surface area contributed by atoms with Crippen LogP contribution >= 0.6 is 0 Å². The molecule has 3 N–H and O–H groups in total. The van der Waals surface area contributed by atoms with E-state index in [2.05, 4.69) is 30.1 Å². The van der Waals surface area contributed by atoms with Crippen LogP contribution in [0, 0.1) is 0 Å². The highest BCUT2D eigenvalue weighted by Crippen LogP contribution is 2.31. The number of halogens is 3.